The summed E-state index contributed by atoms with van der Waals surface area (Å²) in [5.41, 5.74) is 0.400. The number of alkyl halides is 6. The normalized spacial score (nSPS) is 18.5. The molecule has 0 bridgehead atoms. The van der Waals surface area contributed by atoms with Crippen LogP contribution in [0, 0.1) is 0 Å². The van der Waals surface area contributed by atoms with Crippen molar-refractivity contribution in [1.82, 2.24) is 9.78 Å². The van der Waals surface area contributed by atoms with Gasteiger partial charge in [0.2, 0.25) is 0 Å². The van der Waals surface area contributed by atoms with Gasteiger partial charge in [0.05, 0.1) is 23.4 Å². The number of hydrogen-bond donors (Lipinski definition) is 1. The molecule has 0 fully saturated rings. The largest absolute Gasteiger partial charge is 0.416 e. The average molecular weight is 467 g/mol. The summed E-state index contributed by atoms with van der Waals surface area (Å²) < 4.78 is 80.1. The highest BCUT2D eigenvalue weighted by atomic mass is 19.4. The molecule has 0 spiro atoms. The number of rotatable bonds is 5. The topological polar surface area (TPSA) is 46.9 Å². The number of aromatic nitrogens is 2. The Labute approximate surface area is 185 Å². The molecule has 1 aliphatic rings. The number of aryl methyl sites for hydroxylation is 1. The molecule has 2 heterocycles. The van der Waals surface area contributed by atoms with E-state index in [-0.39, 0.29) is 30.6 Å². The molecule has 4 nitrogen and oxygen atoms in total. The quantitative estimate of drug-likeness (QED) is 0.350. The molecule has 1 aliphatic heterocycles. The van der Waals surface area contributed by atoms with Crippen molar-refractivity contribution in [3.8, 4) is 0 Å². The SMILES string of the molecule is O=C(CCc1ccc(C(F)(F)F)cc1)c1cnn2c1NC(c1ccccc1)CC2C(F)(F)F. The molecule has 0 radical (unpaired) electrons. The molecule has 0 amide bonds. The lowest BCUT2D eigenvalue weighted by atomic mass is 9.96. The third kappa shape index (κ3) is 4.89. The third-order valence-electron chi connectivity index (χ3n) is 5.66. The highest BCUT2D eigenvalue weighted by Gasteiger charge is 2.47. The second kappa shape index (κ2) is 8.57. The minimum absolute atomic E-state index is 0.00477. The predicted octanol–water partition coefficient (Wildman–Crippen LogP) is 6.38. The smallest absolute Gasteiger partial charge is 0.363 e. The van der Waals surface area contributed by atoms with Crippen molar-refractivity contribution in [2.75, 3.05) is 5.32 Å². The number of halogens is 6. The number of carbonyl (C=O) groups excluding carboxylic acids is 1. The van der Waals surface area contributed by atoms with E-state index in [1.165, 1.54) is 12.1 Å². The minimum Gasteiger partial charge on any atom is -0.363 e. The fourth-order valence-electron chi connectivity index (χ4n) is 3.92. The number of carbonyl (C=O) groups is 1. The summed E-state index contributed by atoms with van der Waals surface area (Å²) in [6.45, 7) is 0. The number of hydrogen-bond acceptors (Lipinski definition) is 3. The zero-order valence-electron chi connectivity index (χ0n) is 17.1. The highest BCUT2D eigenvalue weighted by molar-refractivity contribution is 6.00. The number of nitrogens with zero attached hydrogens (tertiary/aromatic N) is 2. The number of fused-ring (bicyclic) bond motifs is 1. The lowest BCUT2D eigenvalue weighted by Gasteiger charge is -2.34. The first-order chi connectivity index (χ1) is 15.5. The lowest BCUT2D eigenvalue weighted by Crippen LogP contribution is -2.36. The summed E-state index contributed by atoms with van der Waals surface area (Å²) in [4.78, 5) is 12.8. The van der Waals surface area contributed by atoms with Gasteiger partial charge < -0.3 is 5.32 Å². The fraction of sp³-hybridized carbons (Fsp3) is 0.304. The van der Waals surface area contributed by atoms with Gasteiger partial charge in [-0.15, -0.1) is 0 Å². The van der Waals surface area contributed by atoms with E-state index in [9.17, 15) is 31.1 Å². The van der Waals surface area contributed by atoms with Gasteiger partial charge in [-0.05, 0) is 29.7 Å². The lowest BCUT2D eigenvalue weighted by molar-refractivity contribution is -0.173. The standard InChI is InChI=1S/C23H19F6N3O/c24-22(25,26)16-9-6-14(7-10-16)8-11-19(33)17-13-30-32-20(23(27,28)29)12-18(31-21(17)32)15-4-2-1-3-5-15/h1-7,9-10,13,18,20,31H,8,11-12H2. The van der Waals surface area contributed by atoms with Crippen LogP contribution in [-0.4, -0.2) is 21.7 Å². The van der Waals surface area contributed by atoms with Gasteiger partial charge in [0.25, 0.3) is 0 Å². The zero-order chi connectivity index (χ0) is 23.8. The summed E-state index contributed by atoms with van der Waals surface area (Å²) in [6, 6.07) is 10.5. The summed E-state index contributed by atoms with van der Waals surface area (Å²) in [6.07, 6.45) is -8.12. The van der Waals surface area contributed by atoms with Crippen LogP contribution in [0.2, 0.25) is 0 Å². The Hall–Kier alpha value is -3.30. The van der Waals surface area contributed by atoms with Gasteiger partial charge in [-0.3, -0.25) is 4.79 Å². The van der Waals surface area contributed by atoms with Crippen molar-refractivity contribution in [3.05, 3.63) is 83.0 Å². The molecule has 10 heteroatoms. The van der Waals surface area contributed by atoms with Crippen molar-refractivity contribution in [2.45, 2.75) is 43.7 Å². The molecular formula is C23H19F6N3O. The van der Waals surface area contributed by atoms with Crippen molar-refractivity contribution in [3.63, 3.8) is 0 Å². The van der Waals surface area contributed by atoms with Crippen LogP contribution >= 0.6 is 0 Å². The summed E-state index contributed by atoms with van der Waals surface area (Å²) in [7, 11) is 0. The van der Waals surface area contributed by atoms with E-state index >= 15 is 0 Å². The number of benzene rings is 2. The van der Waals surface area contributed by atoms with E-state index in [1.807, 2.05) is 0 Å². The average Bonchev–Trinajstić information content (AvgIpc) is 3.20. The van der Waals surface area contributed by atoms with E-state index in [2.05, 4.69) is 10.4 Å². The summed E-state index contributed by atoms with van der Waals surface area (Å²) >= 11 is 0. The van der Waals surface area contributed by atoms with Crippen molar-refractivity contribution < 1.29 is 31.1 Å². The van der Waals surface area contributed by atoms with E-state index in [4.69, 9.17) is 0 Å². The summed E-state index contributed by atoms with van der Waals surface area (Å²) in [5.74, 6) is -0.451. The molecule has 3 aromatic rings. The van der Waals surface area contributed by atoms with Gasteiger partial charge in [-0.1, -0.05) is 42.5 Å². The van der Waals surface area contributed by atoms with Crippen LogP contribution in [0.3, 0.4) is 0 Å². The molecule has 0 aliphatic carbocycles. The van der Waals surface area contributed by atoms with Crippen molar-refractivity contribution in [1.29, 1.82) is 0 Å². The maximum Gasteiger partial charge on any atom is 0.416 e. The molecule has 2 unspecified atom stereocenters. The van der Waals surface area contributed by atoms with E-state index in [0.29, 0.717) is 11.1 Å². The molecule has 2 atom stereocenters. The Balaban J connectivity index is 1.55. The second-order valence-corrected chi connectivity index (χ2v) is 7.87. The van der Waals surface area contributed by atoms with Gasteiger partial charge in [0.1, 0.15) is 5.82 Å². The maximum absolute atomic E-state index is 13.8. The van der Waals surface area contributed by atoms with Gasteiger partial charge in [0, 0.05) is 12.8 Å². The van der Waals surface area contributed by atoms with Crippen LogP contribution in [0.25, 0.3) is 0 Å². The van der Waals surface area contributed by atoms with Crippen LogP contribution in [0.4, 0.5) is 32.2 Å². The predicted molar refractivity (Wildman–Crippen MR) is 109 cm³/mol. The molecule has 0 saturated heterocycles. The van der Waals surface area contributed by atoms with Crippen LogP contribution in [0.5, 0.6) is 0 Å². The van der Waals surface area contributed by atoms with Crippen LogP contribution in [0.1, 0.15) is 52.0 Å². The fourth-order valence-corrected chi connectivity index (χ4v) is 3.92. The van der Waals surface area contributed by atoms with E-state index in [1.54, 1.807) is 30.3 Å². The van der Waals surface area contributed by atoms with Crippen LogP contribution in [-0.2, 0) is 12.6 Å². The molecule has 33 heavy (non-hydrogen) atoms. The van der Waals surface area contributed by atoms with Crippen LogP contribution in [0.15, 0.2) is 60.8 Å². The monoisotopic (exact) mass is 467 g/mol. The van der Waals surface area contributed by atoms with Crippen LogP contribution < -0.4 is 5.32 Å². The molecule has 1 N–H and O–H groups in total. The zero-order valence-corrected chi connectivity index (χ0v) is 17.1. The Morgan fingerprint density at radius 1 is 1.00 bits per heavy atom. The first kappa shape index (κ1) is 22.9. The van der Waals surface area contributed by atoms with Gasteiger partial charge in [-0.2, -0.15) is 31.4 Å². The van der Waals surface area contributed by atoms with Gasteiger partial charge >= 0.3 is 12.4 Å². The van der Waals surface area contributed by atoms with E-state index in [0.717, 1.165) is 23.0 Å². The Morgan fingerprint density at radius 2 is 1.67 bits per heavy atom. The number of ketones is 1. The number of Topliss-reactive ketones (excluding diaryl/α,β-unsaturated/α-hetero) is 1. The molecule has 1 aromatic heterocycles. The first-order valence-electron chi connectivity index (χ1n) is 10.2. The number of anilines is 1. The highest BCUT2D eigenvalue weighted by Crippen LogP contribution is 2.44. The molecule has 4 rings (SSSR count). The Kier molecular flexibility index (Phi) is 5.94. The number of nitrogens with one attached hydrogen (secondary N) is 1. The van der Waals surface area contributed by atoms with Crippen molar-refractivity contribution >= 4 is 11.6 Å². The maximum atomic E-state index is 13.8. The van der Waals surface area contributed by atoms with E-state index < -0.39 is 35.8 Å². The summed E-state index contributed by atoms with van der Waals surface area (Å²) in [5, 5.41) is 6.86. The molecule has 2 aromatic carbocycles. The minimum atomic E-state index is -4.56. The van der Waals surface area contributed by atoms with Crippen molar-refractivity contribution in [2.24, 2.45) is 0 Å². The van der Waals surface area contributed by atoms with Gasteiger partial charge in [0.15, 0.2) is 11.8 Å². The first-order valence-corrected chi connectivity index (χ1v) is 10.2. The second-order valence-electron chi connectivity index (χ2n) is 7.87. The molecular weight excluding hydrogens is 448 g/mol. The third-order valence-corrected chi connectivity index (χ3v) is 5.66. The molecule has 174 valence electrons. The van der Waals surface area contributed by atoms with Gasteiger partial charge in [-0.25, -0.2) is 4.68 Å². The Bertz CT molecular complexity index is 1120. The molecule has 0 saturated carbocycles. The Morgan fingerprint density at radius 3 is 2.27 bits per heavy atom.